The summed E-state index contributed by atoms with van der Waals surface area (Å²) in [5.74, 6) is 0.825. The molecule has 4 rings (SSSR count). The molecular formula is C20H28FIN4. The Labute approximate surface area is 171 Å². The molecule has 26 heavy (non-hydrogen) atoms. The highest BCUT2D eigenvalue weighted by Crippen LogP contribution is 2.45. The van der Waals surface area contributed by atoms with Gasteiger partial charge in [0.05, 0.1) is 0 Å². The van der Waals surface area contributed by atoms with Gasteiger partial charge in [-0.1, -0.05) is 12.8 Å². The Morgan fingerprint density at radius 2 is 2.12 bits per heavy atom. The summed E-state index contributed by atoms with van der Waals surface area (Å²) in [5.41, 5.74) is 2.68. The van der Waals surface area contributed by atoms with Gasteiger partial charge in [-0.15, -0.1) is 24.0 Å². The molecule has 2 aliphatic rings. The molecule has 6 heteroatoms. The summed E-state index contributed by atoms with van der Waals surface area (Å²) in [4.78, 5) is 10.1. The van der Waals surface area contributed by atoms with Gasteiger partial charge in [-0.05, 0) is 54.9 Å². The number of nitrogens with one attached hydrogen (secondary N) is 2. The third-order valence-corrected chi connectivity index (χ3v) is 6.02. The minimum absolute atomic E-state index is 0. The summed E-state index contributed by atoms with van der Waals surface area (Å²) >= 11 is 0. The van der Waals surface area contributed by atoms with Gasteiger partial charge >= 0.3 is 0 Å². The third kappa shape index (κ3) is 3.85. The lowest BCUT2D eigenvalue weighted by Gasteiger charge is -2.25. The van der Waals surface area contributed by atoms with E-state index in [-0.39, 0.29) is 29.8 Å². The Morgan fingerprint density at radius 3 is 2.88 bits per heavy atom. The number of hydrogen-bond acceptors (Lipinski definition) is 1. The zero-order valence-electron chi connectivity index (χ0n) is 15.4. The SMILES string of the molecule is CN=C(NCCc1c[nH]c2ccc(F)cc12)N1CCC2(CCCC2)C1.I. The first-order valence-electron chi connectivity index (χ1n) is 9.40. The molecule has 2 fully saturated rings. The molecule has 142 valence electrons. The summed E-state index contributed by atoms with van der Waals surface area (Å²) in [6.07, 6.45) is 9.66. The van der Waals surface area contributed by atoms with Crippen LogP contribution in [0, 0.1) is 11.2 Å². The monoisotopic (exact) mass is 470 g/mol. The van der Waals surface area contributed by atoms with E-state index in [4.69, 9.17) is 0 Å². The van der Waals surface area contributed by atoms with Gasteiger partial charge in [0.25, 0.3) is 0 Å². The van der Waals surface area contributed by atoms with Crippen molar-refractivity contribution in [3.63, 3.8) is 0 Å². The number of H-pyrrole nitrogens is 1. The molecule has 1 aliphatic carbocycles. The lowest BCUT2D eigenvalue weighted by Crippen LogP contribution is -2.41. The van der Waals surface area contributed by atoms with Gasteiger partial charge in [0.2, 0.25) is 0 Å². The number of aromatic amines is 1. The average molecular weight is 470 g/mol. The first kappa shape index (κ1) is 19.5. The first-order chi connectivity index (χ1) is 12.2. The molecule has 1 saturated heterocycles. The summed E-state index contributed by atoms with van der Waals surface area (Å²) in [6.45, 7) is 3.06. The van der Waals surface area contributed by atoms with Crippen molar-refractivity contribution in [2.24, 2.45) is 10.4 Å². The van der Waals surface area contributed by atoms with E-state index in [9.17, 15) is 4.39 Å². The maximum Gasteiger partial charge on any atom is 0.193 e. The Balaban J connectivity index is 0.00000196. The van der Waals surface area contributed by atoms with E-state index in [1.165, 1.54) is 38.2 Å². The van der Waals surface area contributed by atoms with Crippen LogP contribution in [-0.2, 0) is 6.42 Å². The topological polar surface area (TPSA) is 43.4 Å². The second kappa shape index (κ2) is 8.15. The van der Waals surface area contributed by atoms with Gasteiger partial charge in [-0.25, -0.2) is 4.39 Å². The molecule has 1 saturated carbocycles. The number of likely N-dealkylation sites (tertiary alicyclic amines) is 1. The molecule has 0 bridgehead atoms. The average Bonchev–Trinajstić information content (AvgIpc) is 3.34. The van der Waals surface area contributed by atoms with E-state index >= 15 is 0 Å². The van der Waals surface area contributed by atoms with Gasteiger partial charge in [0.15, 0.2) is 5.96 Å². The fourth-order valence-electron chi connectivity index (χ4n) is 4.65. The number of nitrogens with zero attached hydrogens (tertiary/aromatic N) is 2. The summed E-state index contributed by atoms with van der Waals surface area (Å²) in [7, 11) is 1.86. The number of rotatable bonds is 3. The molecule has 2 aromatic rings. The van der Waals surface area contributed by atoms with Crippen molar-refractivity contribution in [1.29, 1.82) is 0 Å². The molecule has 0 atom stereocenters. The molecule has 1 aliphatic heterocycles. The number of guanidine groups is 1. The van der Waals surface area contributed by atoms with Crippen LogP contribution in [0.5, 0.6) is 0 Å². The van der Waals surface area contributed by atoms with Crippen molar-refractivity contribution >= 4 is 40.8 Å². The number of hydrogen-bond donors (Lipinski definition) is 2. The highest BCUT2D eigenvalue weighted by atomic mass is 127. The second-order valence-electron chi connectivity index (χ2n) is 7.61. The quantitative estimate of drug-likeness (QED) is 0.399. The van der Waals surface area contributed by atoms with Crippen molar-refractivity contribution in [2.45, 2.75) is 38.5 Å². The lowest BCUT2D eigenvalue weighted by atomic mass is 9.86. The normalized spacial score (nSPS) is 19.3. The number of aliphatic imine (C=N–C) groups is 1. The molecule has 1 aromatic heterocycles. The molecule has 0 unspecified atom stereocenters. The molecule has 1 aromatic carbocycles. The number of halogens is 2. The van der Waals surface area contributed by atoms with E-state index in [0.717, 1.165) is 48.5 Å². The van der Waals surface area contributed by atoms with Gasteiger partial charge in [0, 0.05) is 43.8 Å². The summed E-state index contributed by atoms with van der Waals surface area (Å²) < 4.78 is 13.5. The fraction of sp³-hybridized carbons (Fsp3) is 0.550. The predicted octanol–water partition coefficient (Wildman–Crippen LogP) is 4.31. The number of benzene rings is 1. The molecule has 0 amide bonds. The van der Waals surface area contributed by atoms with Crippen LogP contribution >= 0.6 is 24.0 Å². The van der Waals surface area contributed by atoms with Crippen molar-refractivity contribution in [3.8, 4) is 0 Å². The van der Waals surface area contributed by atoms with Crippen molar-refractivity contribution in [3.05, 3.63) is 35.8 Å². The predicted molar refractivity (Wildman–Crippen MR) is 116 cm³/mol. The fourth-order valence-corrected chi connectivity index (χ4v) is 4.65. The standard InChI is InChI=1S/C20H27FN4.HI/c1-22-19(25-11-9-20(14-25)7-2-3-8-20)23-10-6-15-13-24-18-5-4-16(21)12-17(15)18;/h4-5,12-13,24H,2-3,6-11,14H2,1H3,(H,22,23);1H. The maximum absolute atomic E-state index is 13.5. The van der Waals surface area contributed by atoms with Crippen LogP contribution < -0.4 is 5.32 Å². The van der Waals surface area contributed by atoms with E-state index in [1.807, 2.05) is 13.2 Å². The summed E-state index contributed by atoms with van der Waals surface area (Å²) in [5, 5.41) is 4.48. The highest BCUT2D eigenvalue weighted by Gasteiger charge is 2.40. The lowest BCUT2D eigenvalue weighted by molar-refractivity contribution is 0.309. The van der Waals surface area contributed by atoms with Crippen LogP contribution in [-0.4, -0.2) is 42.5 Å². The third-order valence-electron chi connectivity index (χ3n) is 6.02. The molecule has 4 nitrogen and oxygen atoms in total. The Bertz CT molecular complexity index is 779. The van der Waals surface area contributed by atoms with E-state index in [2.05, 4.69) is 20.2 Å². The zero-order valence-corrected chi connectivity index (χ0v) is 17.7. The zero-order chi connectivity index (χ0) is 17.3. The molecule has 1 spiro atoms. The Kier molecular flexibility index (Phi) is 6.10. The largest absolute Gasteiger partial charge is 0.361 e. The van der Waals surface area contributed by atoms with Gasteiger partial charge in [-0.2, -0.15) is 0 Å². The minimum Gasteiger partial charge on any atom is -0.361 e. The highest BCUT2D eigenvalue weighted by molar-refractivity contribution is 14.0. The molecular weight excluding hydrogens is 442 g/mol. The van der Waals surface area contributed by atoms with Gasteiger partial charge in [0.1, 0.15) is 5.82 Å². The van der Waals surface area contributed by atoms with E-state index in [1.54, 1.807) is 12.1 Å². The molecule has 2 N–H and O–H groups in total. The molecule has 2 heterocycles. The molecule has 0 radical (unpaired) electrons. The van der Waals surface area contributed by atoms with Crippen molar-refractivity contribution < 1.29 is 4.39 Å². The van der Waals surface area contributed by atoms with Crippen molar-refractivity contribution in [1.82, 2.24) is 15.2 Å². The minimum atomic E-state index is -0.184. The Morgan fingerprint density at radius 1 is 1.31 bits per heavy atom. The maximum atomic E-state index is 13.5. The summed E-state index contributed by atoms with van der Waals surface area (Å²) in [6, 6.07) is 4.90. The van der Waals surface area contributed by atoms with Gasteiger partial charge < -0.3 is 15.2 Å². The first-order valence-corrected chi connectivity index (χ1v) is 9.40. The Hall–Kier alpha value is -1.31. The van der Waals surface area contributed by atoms with Crippen LogP contribution in [0.25, 0.3) is 10.9 Å². The second-order valence-corrected chi connectivity index (χ2v) is 7.61. The van der Waals surface area contributed by atoms with Crippen LogP contribution in [0.3, 0.4) is 0 Å². The van der Waals surface area contributed by atoms with E-state index in [0.29, 0.717) is 5.41 Å². The van der Waals surface area contributed by atoms with Crippen LogP contribution in [0.2, 0.25) is 0 Å². The van der Waals surface area contributed by atoms with Crippen LogP contribution in [0.4, 0.5) is 4.39 Å². The van der Waals surface area contributed by atoms with Crippen molar-refractivity contribution in [2.75, 3.05) is 26.7 Å². The van der Waals surface area contributed by atoms with Crippen LogP contribution in [0.15, 0.2) is 29.4 Å². The smallest absolute Gasteiger partial charge is 0.193 e. The number of fused-ring (bicyclic) bond motifs is 1. The van der Waals surface area contributed by atoms with Gasteiger partial charge in [-0.3, -0.25) is 4.99 Å². The van der Waals surface area contributed by atoms with Crippen LogP contribution in [0.1, 0.15) is 37.7 Å². The van der Waals surface area contributed by atoms with E-state index < -0.39 is 0 Å². The number of aromatic nitrogens is 1.